The highest BCUT2D eigenvalue weighted by molar-refractivity contribution is 7.86. The molecule has 0 amide bonds. The van der Waals surface area contributed by atoms with Crippen LogP contribution in [-0.2, 0) is 14.9 Å². The highest BCUT2D eigenvalue weighted by Gasteiger charge is 2.56. The van der Waals surface area contributed by atoms with Crippen molar-refractivity contribution >= 4 is 26.9 Å². The van der Waals surface area contributed by atoms with Crippen molar-refractivity contribution in [3.8, 4) is 5.75 Å². The zero-order valence-electron chi connectivity index (χ0n) is 21.1. The number of aliphatic hydroxyl groups is 1. The van der Waals surface area contributed by atoms with Gasteiger partial charge in [0.25, 0.3) is 10.1 Å². The second-order valence-corrected chi connectivity index (χ2v) is 12.4. The van der Waals surface area contributed by atoms with Gasteiger partial charge in [-0.05, 0) is 59.1 Å². The quantitative estimate of drug-likeness (QED) is 0.196. The molecule has 0 spiro atoms. The van der Waals surface area contributed by atoms with Crippen molar-refractivity contribution in [2.75, 3.05) is 0 Å². The molecule has 0 heterocycles. The Morgan fingerprint density at radius 1 is 0.744 bits per heavy atom. The van der Waals surface area contributed by atoms with E-state index in [0.29, 0.717) is 5.39 Å². The lowest BCUT2D eigenvalue weighted by molar-refractivity contribution is -0.144. The summed E-state index contributed by atoms with van der Waals surface area (Å²) in [4.78, 5) is 14.1. The molecule has 0 radical (unpaired) electrons. The third kappa shape index (κ3) is 3.75. The Kier molecular flexibility index (Phi) is 5.67. The molecule has 4 aromatic carbocycles. The number of aliphatic hydroxyl groups excluding tert-OH is 1. The molecular weight excluding hydrogens is 512 g/mol. The molecule has 1 fully saturated rings. The van der Waals surface area contributed by atoms with Gasteiger partial charge in [0.2, 0.25) is 0 Å². The van der Waals surface area contributed by atoms with E-state index in [1.807, 2.05) is 24.3 Å². The molecule has 198 valence electrons. The van der Waals surface area contributed by atoms with Gasteiger partial charge in [-0.3, -0.25) is 9.35 Å². The summed E-state index contributed by atoms with van der Waals surface area (Å²) in [5.74, 6) is -1.06. The van der Waals surface area contributed by atoms with Gasteiger partial charge in [-0.1, -0.05) is 79.2 Å². The number of carbonyl (C=O) groups excluding carboxylic acids is 1. The zero-order valence-corrected chi connectivity index (χ0v) is 21.9. The van der Waals surface area contributed by atoms with Crippen LogP contribution in [0.15, 0.2) is 89.8 Å². The Morgan fingerprint density at radius 2 is 1.31 bits per heavy atom. The number of fused-ring (bicyclic) bond motifs is 2. The Labute approximate surface area is 227 Å². The topological polar surface area (TPSA) is 101 Å². The summed E-state index contributed by atoms with van der Waals surface area (Å²) >= 11 is 0. The van der Waals surface area contributed by atoms with E-state index in [0.717, 1.165) is 30.4 Å². The fraction of sp³-hybridized carbons (Fsp3) is 0.281. The van der Waals surface area contributed by atoms with Crippen LogP contribution >= 0.6 is 0 Å². The molecule has 7 heteroatoms. The molecule has 39 heavy (non-hydrogen) atoms. The predicted molar refractivity (Wildman–Crippen MR) is 146 cm³/mol. The van der Waals surface area contributed by atoms with E-state index >= 15 is 0 Å². The van der Waals surface area contributed by atoms with Gasteiger partial charge in [-0.2, -0.15) is 8.42 Å². The van der Waals surface area contributed by atoms with Gasteiger partial charge >= 0.3 is 5.97 Å². The molecule has 4 aromatic rings. The van der Waals surface area contributed by atoms with E-state index in [1.165, 1.54) is 23.3 Å². The third-order valence-electron chi connectivity index (χ3n) is 9.12. The van der Waals surface area contributed by atoms with Gasteiger partial charge in [0.1, 0.15) is 10.6 Å². The lowest BCUT2D eigenvalue weighted by Gasteiger charge is -2.52. The van der Waals surface area contributed by atoms with Crippen molar-refractivity contribution in [1.29, 1.82) is 0 Å². The van der Waals surface area contributed by atoms with E-state index in [2.05, 4.69) is 24.3 Å². The van der Waals surface area contributed by atoms with Crippen molar-refractivity contribution in [3.63, 3.8) is 0 Å². The molecule has 8 rings (SSSR count). The first-order chi connectivity index (χ1) is 18.8. The lowest BCUT2D eigenvalue weighted by Crippen LogP contribution is -2.49. The number of hydrogen-bond donors (Lipinski definition) is 2. The fourth-order valence-corrected chi connectivity index (χ4v) is 8.38. The number of hydrogen-bond acceptors (Lipinski definition) is 5. The third-order valence-corrected chi connectivity index (χ3v) is 10.0. The molecule has 4 aliphatic rings. The van der Waals surface area contributed by atoms with E-state index in [9.17, 15) is 22.9 Å². The van der Waals surface area contributed by atoms with Crippen LogP contribution in [0.3, 0.4) is 0 Å². The van der Waals surface area contributed by atoms with Crippen LogP contribution in [0.2, 0.25) is 0 Å². The maximum absolute atomic E-state index is 14.3. The van der Waals surface area contributed by atoms with Crippen molar-refractivity contribution in [1.82, 2.24) is 0 Å². The molecule has 4 unspecified atom stereocenters. The average Bonchev–Trinajstić information content (AvgIpc) is 3.37. The smallest absolute Gasteiger partial charge is 0.315 e. The summed E-state index contributed by atoms with van der Waals surface area (Å²) < 4.78 is 39.9. The second-order valence-electron chi connectivity index (χ2n) is 11.0. The van der Waals surface area contributed by atoms with Gasteiger partial charge in [0, 0.05) is 22.6 Å². The van der Waals surface area contributed by atoms with Crippen molar-refractivity contribution in [2.24, 2.45) is 17.8 Å². The molecule has 1 saturated carbocycles. The fourth-order valence-electron chi connectivity index (χ4n) is 7.68. The Balaban J connectivity index is 1.37. The number of carbonyl (C=O) groups is 1. The van der Waals surface area contributed by atoms with Gasteiger partial charge in [-0.15, -0.1) is 0 Å². The maximum Gasteiger partial charge on any atom is 0.315 e. The minimum absolute atomic E-state index is 0.0312. The van der Waals surface area contributed by atoms with Crippen LogP contribution in [0.1, 0.15) is 53.4 Å². The molecule has 2 bridgehead atoms. The maximum atomic E-state index is 14.3. The van der Waals surface area contributed by atoms with Crippen LogP contribution in [-0.4, -0.2) is 30.2 Å². The highest BCUT2D eigenvalue weighted by Crippen LogP contribution is 2.62. The lowest BCUT2D eigenvalue weighted by atomic mass is 9.51. The predicted octanol–water partition coefficient (Wildman–Crippen LogP) is 5.68. The summed E-state index contributed by atoms with van der Waals surface area (Å²) in [6.07, 6.45) is 2.03. The summed E-state index contributed by atoms with van der Waals surface area (Å²) in [6, 6.07) is 26.0. The molecule has 4 atom stereocenters. The van der Waals surface area contributed by atoms with Crippen molar-refractivity contribution in [3.05, 3.63) is 107 Å². The Hall–Kier alpha value is -3.52. The molecule has 0 aliphatic heterocycles. The van der Waals surface area contributed by atoms with Crippen LogP contribution in [0.25, 0.3) is 10.8 Å². The average molecular weight is 541 g/mol. The molecule has 0 aromatic heterocycles. The first kappa shape index (κ1) is 24.5. The second kappa shape index (κ2) is 9.01. The van der Waals surface area contributed by atoms with E-state index in [4.69, 9.17) is 4.74 Å². The summed E-state index contributed by atoms with van der Waals surface area (Å²) in [7, 11) is -4.46. The van der Waals surface area contributed by atoms with Crippen LogP contribution in [0, 0.1) is 17.8 Å². The minimum atomic E-state index is -4.46. The molecule has 4 aliphatic carbocycles. The van der Waals surface area contributed by atoms with Gasteiger partial charge in [0.05, 0.1) is 12.0 Å². The Morgan fingerprint density at radius 3 is 1.87 bits per heavy atom. The molecule has 0 saturated heterocycles. The SMILES string of the molecule is O=C(Oc1ccc(S(=O)(=O)O)c2ccccc12)C1C2c3ccccc3C(c3ccccc32)C1C1CCCC1O. The van der Waals surface area contributed by atoms with Gasteiger partial charge < -0.3 is 9.84 Å². The van der Waals surface area contributed by atoms with Gasteiger partial charge in [0.15, 0.2) is 0 Å². The minimum Gasteiger partial charge on any atom is -0.426 e. The molecular formula is C32H28O6S. The Bertz CT molecular complexity index is 1680. The van der Waals surface area contributed by atoms with Crippen LogP contribution in [0.4, 0.5) is 0 Å². The standard InChI is InChI=1S/C32H28O6S/c33-25-15-7-14-24(25)30-28-20-10-3-5-12-22(20)29(23-13-6-4-11-21(23)28)31(30)32(34)38-26-16-17-27(39(35,36)37)19-9-2-1-8-18(19)26/h1-6,8-13,16-17,24-25,28-31,33H,7,14-15H2,(H,35,36,37). The zero-order chi connectivity index (χ0) is 26.9. The summed E-state index contributed by atoms with van der Waals surface area (Å²) in [5, 5.41) is 11.8. The van der Waals surface area contributed by atoms with Crippen LogP contribution in [0.5, 0.6) is 5.75 Å². The van der Waals surface area contributed by atoms with Crippen molar-refractivity contribution in [2.45, 2.75) is 42.1 Å². The highest BCUT2D eigenvalue weighted by atomic mass is 32.2. The van der Waals surface area contributed by atoms with E-state index in [1.54, 1.807) is 24.3 Å². The number of rotatable bonds is 4. The normalized spacial score (nSPS) is 27.2. The number of esters is 1. The van der Waals surface area contributed by atoms with E-state index in [-0.39, 0.29) is 45.7 Å². The summed E-state index contributed by atoms with van der Waals surface area (Å²) in [5.41, 5.74) is 4.69. The van der Waals surface area contributed by atoms with Crippen molar-refractivity contribution < 1.29 is 27.6 Å². The monoisotopic (exact) mass is 540 g/mol. The van der Waals surface area contributed by atoms with Crippen LogP contribution < -0.4 is 4.74 Å². The first-order valence-corrected chi connectivity index (χ1v) is 14.8. The largest absolute Gasteiger partial charge is 0.426 e. The first-order valence-electron chi connectivity index (χ1n) is 13.4. The van der Waals surface area contributed by atoms with Gasteiger partial charge in [-0.25, -0.2) is 0 Å². The number of benzene rings is 4. The molecule has 2 N–H and O–H groups in total. The molecule has 6 nitrogen and oxygen atoms in total. The van der Waals surface area contributed by atoms with E-state index < -0.39 is 22.1 Å². The summed E-state index contributed by atoms with van der Waals surface area (Å²) in [6.45, 7) is 0. The number of ether oxygens (including phenoxy) is 1.